The number of hydrogen-bond donors (Lipinski definition) is 1. The number of nitriles is 1. The fourth-order valence-corrected chi connectivity index (χ4v) is 4.31. The molecule has 2 heterocycles. The molecule has 0 bridgehead atoms. The molecule has 0 fully saturated rings. The van der Waals surface area contributed by atoms with E-state index in [0.29, 0.717) is 28.0 Å². The number of carbonyl (C=O) groups is 3. The van der Waals surface area contributed by atoms with E-state index < -0.39 is 5.91 Å². The third-order valence-electron chi connectivity index (χ3n) is 5.35. The van der Waals surface area contributed by atoms with Gasteiger partial charge in [-0.15, -0.1) is 11.3 Å². The van der Waals surface area contributed by atoms with Crippen LogP contribution in [0.2, 0.25) is 5.02 Å². The molecule has 2 aromatic heterocycles. The Morgan fingerprint density at radius 3 is 2.63 bits per heavy atom. The number of halogens is 1. The maximum Gasteiger partial charge on any atom is 0.254 e. The van der Waals surface area contributed by atoms with E-state index in [-0.39, 0.29) is 50.9 Å². The first kappa shape index (κ1) is 28.7. The number of benzene rings is 1. The molecule has 1 N–H and O–H groups in total. The molecule has 12 heteroatoms. The van der Waals surface area contributed by atoms with E-state index in [2.05, 4.69) is 21.4 Å². The maximum absolute atomic E-state index is 12.9. The largest absolute Gasteiger partial charge is 0.383 e. The molecule has 3 aromatic rings. The van der Waals surface area contributed by atoms with Crippen LogP contribution in [0.3, 0.4) is 0 Å². The predicted molar refractivity (Wildman–Crippen MR) is 144 cm³/mol. The maximum atomic E-state index is 12.9. The number of hydrogen-bond acceptors (Lipinski definition) is 8. The summed E-state index contributed by atoms with van der Waals surface area (Å²) < 4.78 is 5.08. The zero-order valence-electron chi connectivity index (χ0n) is 20.8. The Labute approximate surface area is 229 Å². The molecule has 3 rings (SSSR count). The van der Waals surface area contributed by atoms with Gasteiger partial charge in [-0.05, 0) is 35.9 Å². The Morgan fingerprint density at radius 1 is 1.16 bits per heavy atom. The summed E-state index contributed by atoms with van der Waals surface area (Å²) in [4.78, 5) is 50.0. The van der Waals surface area contributed by atoms with Crippen LogP contribution in [0.1, 0.15) is 28.0 Å². The third-order valence-corrected chi connectivity index (χ3v) is 6.41. The molecule has 198 valence electrons. The summed E-state index contributed by atoms with van der Waals surface area (Å²) in [6.45, 7) is 0.902. The SMILES string of the molecule is COCCN(CC(=O)Nc1nc(CC(=O)N(CCC#N)Cc2cccnc2)cs1)C(=O)c1ccc(Cl)cc1. The second kappa shape index (κ2) is 14.8. The van der Waals surface area contributed by atoms with Crippen LogP contribution >= 0.6 is 22.9 Å². The van der Waals surface area contributed by atoms with Crippen molar-refractivity contribution in [1.29, 1.82) is 5.26 Å². The number of nitrogens with zero attached hydrogens (tertiary/aromatic N) is 5. The summed E-state index contributed by atoms with van der Waals surface area (Å²) in [6, 6.07) is 12.1. The summed E-state index contributed by atoms with van der Waals surface area (Å²) in [5.41, 5.74) is 1.76. The van der Waals surface area contributed by atoms with Crippen molar-refractivity contribution < 1.29 is 19.1 Å². The predicted octanol–water partition coefficient (Wildman–Crippen LogP) is 3.40. The minimum atomic E-state index is -0.428. The zero-order valence-corrected chi connectivity index (χ0v) is 22.4. The van der Waals surface area contributed by atoms with Gasteiger partial charge in [0.05, 0.1) is 31.2 Å². The van der Waals surface area contributed by atoms with Gasteiger partial charge in [0.2, 0.25) is 11.8 Å². The Morgan fingerprint density at radius 2 is 1.95 bits per heavy atom. The normalized spacial score (nSPS) is 10.4. The quantitative estimate of drug-likeness (QED) is 0.343. The molecule has 1 aromatic carbocycles. The topological polar surface area (TPSA) is 129 Å². The Kier molecular flexibility index (Phi) is 11.2. The lowest BCUT2D eigenvalue weighted by Gasteiger charge is -2.22. The number of amides is 3. The molecule has 0 aliphatic carbocycles. The highest BCUT2D eigenvalue weighted by atomic mass is 35.5. The number of methoxy groups -OCH3 is 1. The molecule has 0 radical (unpaired) electrons. The van der Waals surface area contributed by atoms with Crippen LogP contribution in [-0.2, 0) is 27.3 Å². The van der Waals surface area contributed by atoms with Crippen LogP contribution < -0.4 is 5.32 Å². The van der Waals surface area contributed by atoms with Crippen molar-refractivity contribution in [1.82, 2.24) is 19.8 Å². The lowest BCUT2D eigenvalue weighted by atomic mass is 10.2. The van der Waals surface area contributed by atoms with Crippen molar-refractivity contribution in [3.05, 3.63) is 76.0 Å². The second-order valence-corrected chi connectivity index (χ2v) is 9.47. The molecule has 0 saturated carbocycles. The molecule has 38 heavy (non-hydrogen) atoms. The average molecular weight is 555 g/mol. The van der Waals surface area contributed by atoms with Crippen molar-refractivity contribution in [3.8, 4) is 6.07 Å². The highest BCUT2D eigenvalue weighted by molar-refractivity contribution is 7.13. The Hall–Kier alpha value is -3.85. The molecule has 0 aliphatic heterocycles. The summed E-state index contributed by atoms with van der Waals surface area (Å²) in [5, 5.41) is 14.2. The fourth-order valence-electron chi connectivity index (χ4n) is 3.46. The molecule has 0 unspecified atom stereocenters. The number of anilines is 1. The van der Waals surface area contributed by atoms with Gasteiger partial charge in [0.25, 0.3) is 5.91 Å². The van der Waals surface area contributed by atoms with Crippen LogP contribution in [0.4, 0.5) is 5.13 Å². The van der Waals surface area contributed by atoms with Crippen molar-refractivity contribution in [2.45, 2.75) is 19.4 Å². The van der Waals surface area contributed by atoms with E-state index in [1.807, 2.05) is 6.07 Å². The van der Waals surface area contributed by atoms with Gasteiger partial charge in [-0.1, -0.05) is 17.7 Å². The molecular formula is C26H27ClN6O4S. The number of thiazole rings is 1. The molecule has 0 aliphatic rings. The lowest BCUT2D eigenvalue weighted by molar-refractivity contribution is -0.131. The van der Waals surface area contributed by atoms with Crippen molar-refractivity contribution >= 4 is 45.8 Å². The van der Waals surface area contributed by atoms with Crippen LogP contribution in [-0.4, -0.2) is 70.8 Å². The minimum Gasteiger partial charge on any atom is -0.383 e. The molecule has 0 spiro atoms. The van der Waals surface area contributed by atoms with Gasteiger partial charge in [-0.25, -0.2) is 4.98 Å². The van der Waals surface area contributed by atoms with Crippen molar-refractivity contribution in [2.24, 2.45) is 0 Å². The van der Waals surface area contributed by atoms with Gasteiger partial charge in [-0.3, -0.25) is 19.4 Å². The molecule has 10 nitrogen and oxygen atoms in total. The van der Waals surface area contributed by atoms with Gasteiger partial charge in [0.15, 0.2) is 5.13 Å². The van der Waals surface area contributed by atoms with E-state index in [1.165, 1.54) is 23.3 Å². The number of pyridine rings is 1. The first-order chi connectivity index (χ1) is 18.4. The second-order valence-electron chi connectivity index (χ2n) is 8.18. The summed E-state index contributed by atoms with van der Waals surface area (Å²) in [7, 11) is 1.52. The van der Waals surface area contributed by atoms with Gasteiger partial charge in [-0.2, -0.15) is 5.26 Å². The number of carbonyl (C=O) groups excluding carboxylic acids is 3. The smallest absolute Gasteiger partial charge is 0.254 e. The van der Waals surface area contributed by atoms with E-state index in [0.717, 1.165) is 5.56 Å². The molecule has 0 saturated heterocycles. The van der Waals surface area contributed by atoms with Crippen LogP contribution in [0, 0.1) is 11.3 Å². The number of rotatable bonds is 13. The Bertz CT molecular complexity index is 1260. The first-order valence-electron chi connectivity index (χ1n) is 11.7. The van der Waals surface area contributed by atoms with E-state index in [4.69, 9.17) is 21.6 Å². The van der Waals surface area contributed by atoms with Gasteiger partial charge in [0, 0.05) is 55.1 Å². The van der Waals surface area contributed by atoms with E-state index in [1.54, 1.807) is 53.0 Å². The van der Waals surface area contributed by atoms with Crippen LogP contribution in [0.15, 0.2) is 54.2 Å². The average Bonchev–Trinajstić information content (AvgIpc) is 3.35. The van der Waals surface area contributed by atoms with Crippen LogP contribution in [0.5, 0.6) is 0 Å². The molecular weight excluding hydrogens is 528 g/mol. The molecule has 0 atom stereocenters. The minimum absolute atomic E-state index is 0.0209. The summed E-state index contributed by atoms with van der Waals surface area (Å²) in [6.07, 6.45) is 3.56. The van der Waals surface area contributed by atoms with Gasteiger partial charge < -0.3 is 19.9 Å². The van der Waals surface area contributed by atoms with Gasteiger partial charge in [0.1, 0.15) is 6.54 Å². The van der Waals surface area contributed by atoms with Crippen molar-refractivity contribution in [3.63, 3.8) is 0 Å². The van der Waals surface area contributed by atoms with Gasteiger partial charge >= 0.3 is 0 Å². The molecule has 3 amide bonds. The van der Waals surface area contributed by atoms with E-state index in [9.17, 15) is 14.4 Å². The fraction of sp³-hybridized carbons (Fsp3) is 0.308. The number of aromatic nitrogens is 2. The number of ether oxygens (including phenoxy) is 1. The zero-order chi connectivity index (χ0) is 27.3. The number of nitrogens with one attached hydrogen (secondary N) is 1. The summed E-state index contributed by atoms with van der Waals surface area (Å²) in [5.74, 6) is -0.945. The van der Waals surface area contributed by atoms with E-state index >= 15 is 0 Å². The highest BCUT2D eigenvalue weighted by Gasteiger charge is 2.20. The van der Waals surface area contributed by atoms with Crippen molar-refractivity contribution in [2.75, 3.05) is 38.7 Å². The third kappa shape index (κ3) is 8.92. The first-order valence-corrected chi connectivity index (χ1v) is 13.0. The van der Waals surface area contributed by atoms with Crippen LogP contribution in [0.25, 0.3) is 0 Å². The lowest BCUT2D eigenvalue weighted by Crippen LogP contribution is -2.40. The monoisotopic (exact) mass is 554 g/mol. The highest BCUT2D eigenvalue weighted by Crippen LogP contribution is 2.18. The summed E-state index contributed by atoms with van der Waals surface area (Å²) >= 11 is 7.10. The Balaban J connectivity index is 1.60. The standard InChI is InChI=1S/C26H27ClN6O4S/c1-37-13-12-33(25(36)20-5-7-21(27)8-6-20)17-23(34)31-26-30-22(18-38-26)14-24(35)32(11-3-9-28)16-19-4-2-10-29-15-19/h2,4-8,10,15,18H,3,11-14,16-17H2,1H3,(H,30,31,34).